The largest absolute Gasteiger partial charge is 0.338 e. The zero-order chi connectivity index (χ0) is 24.9. The molecular formula is C27H34FN5O2. The van der Waals surface area contributed by atoms with E-state index in [4.69, 9.17) is 4.52 Å². The van der Waals surface area contributed by atoms with Gasteiger partial charge in [-0.3, -0.25) is 4.79 Å². The van der Waals surface area contributed by atoms with Crippen LogP contribution in [-0.4, -0.2) is 86.2 Å². The monoisotopic (exact) mass is 479 g/mol. The number of aryl methyl sites for hydroxylation is 1. The second kappa shape index (κ2) is 11.0. The van der Waals surface area contributed by atoms with Crippen molar-refractivity contribution in [2.45, 2.75) is 13.5 Å². The number of carbonyl (C=O) groups is 1. The first kappa shape index (κ1) is 24.9. The molecule has 1 saturated heterocycles. The number of hydrogen-bond acceptors (Lipinski definition) is 6. The van der Waals surface area contributed by atoms with E-state index in [-0.39, 0.29) is 11.7 Å². The number of amides is 1. The van der Waals surface area contributed by atoms with Crippen molar-refractivity contribution in [2.75, 3.05) is 65.3 Å². The van der Waals surface area contributed by atoms with Crippen LogP contribution in [0.4, 0.5) is 10.3 Å². The van der Waals surface area contributed by atoms with Crippen LogP contribution < -0.4 is 4.90 Å². The summed E-state index contributed by atoms with van der Waals surface area (Å²) in [7, 11) is 6.09. The van der Waals surface area contributed by atoms with E-state index in [9.17, 15) is 9.18 Å². The fraction of sp³-hybridized carbons (Fsp3) is 0.407. The van der Waals surface area contributed by atoms with Crippen molar-refractivity contribution in [2.24, 2.45) is 0 Å². The van der Waals surface area contributed by atoms with E-state index >= 15 is 0 Å². The SMILES string of the molecule is Cc1ccc(C(=O)N(CCN(C)C)Cc2c(-c3ccc(F)cc3)noc2N2CCN(C)CC2)cc1. The number of aromatic nitrogens is 1. The molecule has 8 heteroatoms. The molecule has 0 saturated carbocycles. The van der Waals surface area contributed by atoms with E-state index in [0.29, 0.717) is 30.2 Å². The molecule has 0 N–H and O–H groups in total. The van der Waals surface area contributed by atoms with Gasteiger partial charge in [0.05, 0.1) is 12.1 Å². The van der Waals surface area contributed by atoms with Crippen LogP contribution in [0.25, 0.3) is 11.3 Å². The number of anilines is 1. The number of nitrogens with zero attached hydrogens (tertiary/aromatic N) is 5. The van der Waals surface area contributed by atoms with Crippen LogP contribution in [0.1, 0.15) is 21.5 Å². The Kier molecular flexibility index (Phi) is 7.83. The summed E-state index contributed by atoms with van der Waals surface area (Å²) in [6.07, 6.45) is 0. The van der Waals surface area contributed by atoms with Gasteiger partial charge in [-0.1, -0.05) is 22.9 Å². The summed E-state index contributed by atoms with van der Waals surface area (Å²) in [6, 6.07) is 13.9. The van der Waals surface area contributed by atoms with E-state index < -0.39 is 0 Å². The zero-order valence-electron chi connectivity index (χ0n) is 21.0. The molecule has 7 nitrogen and oxygen atoms in total. The summed E-state index contributed by atoms with van der Waals surface area (Å²) in [4.78, 5) is 22.0. The molecule has 1 aliphatic heterocycles. The fourth-order valence-electron chi connectivity index (χ4n) is 4.18. The Balaban J connectivity index is 1.71. The van der Waals surface area contributed by atoms with E-state index in [0.717, 1.165) is 49.4 Å². The van der Waals surface area contributed by atoms with Gasteiger partial charge < -0.3 is 24.1 Å². The van der Waals surface area contributed by atoms with Crippen molar-refractivity contribution >= 4 is 11.8 Å². The standard InChI is InChI=1S/C27H34FN5O2/c1-20-5-7-22(8-6-20)26(34)33(16-13-30(2)3)19-24-25(21-9-11-23(28)12-10-21)29-35-27(24)32-17-14-31(4)15-18-32/h5-12H,13-19H2,1-4H3. The minimum atomic E-state index is -0.305. The molecule has 2 aromatic carbocycles. The highest BCUT2D eigenvalue weighted by atomic mass is 19.1. The van der Waals surface area contributed by atoms with Crippen LogP contribution in [0.5, 0.6) is 0 Å². The van der Waals surface area contributed by atoms with Crippen LogP contribution in [0.2, 0.25) is 0 Å². The van der Waals surface area contributed by atoms with Gasteiger partial charge in [0.1, 0.15) is 11.5 Å². The number of piperazine rings is 1. The lowest BCUT2D eigenvalue weighted by Crippen LogP contribution is -2.45. The molecule has 1 aromatic heterocycles. The van der Waals surface area contributed by atoms with Crippen LogP contribution in [0, 0.1) is 12.7 Å². The lowest BCUT2D eigenvalue weighted by molar-refractivity contribution is 0.0732. The van der Waals surface area contributed by atoms with E-state index in [2.05, 4.69) is 26.9 Å². The molecule has 0 atom stereocenters. The number of carbonyl (C=O) groups excluding carboxylic acids is 1. The highest BCUT2D eigenvalue weighted by molar-refractivity contribution is 5.94. The highest BCUT2D eigenvalue weighted by Gasteiger charge is 2.28. The Bertz CT molecular complexity index is 1120. The summed E-state index contributed by atoms with van der Waals surface area (Å²) < 4.78 is 19.5. The Morgan fingerprint density at radius 1 is 1.00 bits per heavy atom. The maximum absolute atomic E-state index is 13.6. The number of hydrogen-bond donors (Lipinski definition) is 0. The van der Waals surface area contributed by atoms with Gasteiger partial charge in [0.15, 0.2) is 0 Å². The Labute approximate surface area is 206 Å². The maximum Gasteiger partial charge on any atom is 0.254 e. The van der Waals surface area contributed by atoms with Crippen LogP contribution >= 0.6 is 0 Å². The van der Waals surface area contributed by atoms with Crippen molar-refractivity contribution in [3.05, 3.63) is 71.0 Å². The molecule has 0 spiro atoms. The quantitative estimate of drug-likeness (QED) is 0.491. The summed E-state index contributed by atoms with van der Waals surface area (Å²) >= 11 is 0. The van der Waals surface area contributed by atoms with Crippen molar-refractivity contribution in [3.63, 3.8) is 0 Å². The van der Waals surface area contributed by atoms with Crippen LogP contribution in [-0.2, 0) is 6.54 Å². The van der Waals surface area contributed by atoms with Gasteiger partial charge in [-0.25, -0.2) is 4.39 Å². The number of rotatable bonds is 8. The molecule has 4 rings (SSSR count). The lowest BCUT2D eigenvalue weighted by Gasteiger charge is -2.33. The third-order valence-corrected chi connectivity index (χ3v) is 6.43. The molecule has 186 valence electrons. The third-order valence-electron chi connectivity index (χ3n) is 6.43. The Morgan fingerprint density at radius 2 is 1.66 bits per heavy atom. The predicted molar refractivity (Wildman–Crippen MR) is 136 cm³/mol. The molecule has 0 bridgehead atoms. The molecular weight excluding hydrogens is 445 g/mol. The molecule has 0 radical (unpaired) electrons. The first-order chi connectivity index (χ1) is 16.8. The first-order valence-corrected chi connectivity index (χ1v) is 12.0. The van der Waals surface area contributed by atoms with E-state index in [1.54, 1.807) is 12.1 Å². The predicted octanol–water partition coefficient (Wildman–Crippen LogP) is 3.74. The minimum absolute atomic E-state index is 0.0394. The molecule has 0 unspecified atom stereocenters. The van der Waals surface area contributed by atoms with Crippen molar-refractivity contribution < 1.29 is 13.7 Å². The molecule has 1 aliphatic rings. The van der Waals surface area contributed by atoms with Gasteiger partial charge in [-0.15, -0.1) is 0 Å². The van der Waals surface area contributed by atoms with Gasteiger partial charge in [-0.2, -0.15) is 0 Å². The highest BCUT2D eigenvalue weighted by Crippen LogP contribution is 2.33. The number of benzene rings is 2. The van der Waals surface area contributed by atoms with Crippen molar-refractivity contribution in [1.82, 2.24) is 19.9 Å². The molecule has 3 aromatic rings. The molecule has 1 amide bonds. The zero-order valence-corrected chi connectivity index (χ0v) is 21.0. The molecule has 0 aliphatic carbocycles. The Morgan fingerprint density at radius 3 is 2.29 bits per heavy atom. The smallest absolute Gasteiger partial charge is 0.254 e. The molecule has 2 heterocycles. The van der Waals surface area contributed by atoms with Gasteiger partial charge in [0, 0.05) is 50.4 Å². The number of likely N-dealkylation sites (N-methyl/N-ethyl adjacent to an activating group) is 2. The lowest BCUT2D eigenvalue weighted by atomic mass is 10.1. The average molecular weight is 480 g/mol. The van der Waals surface area contributed by atoms with Crippen LogP contribution in [0.15, 0.2) is 53.1 Å². The summed E-state index contributed by atoms with van der Waals surface area (Å²) in [6.45, 7) is 7.08. The third kappa shape index (κ3) is 6.07. The average Bonchev–Trinajstić information content (AvgIpc) is 3.26. The van der Waals surface area contributed by atoms with Gasteiger partial charge in [0.25, 0.3) is 5.91 Å². The van der Waals surface area contributed by atoms with Gasteiger partial charge >= 0.3 is 0 Å². The second-order valence-corrected chi connectivity index (χ2v) is 9.51. The fourth-order valence-corrected chi connectivity index (χ4v) is 4.18. The van der Waals surface area contributed by atoms with Crippen molar-refractivity contribution in [3.8, 4) is 11.3 Å². The summed E-state index contributed by atoms with van der Waals surface area (Å²) in [5.74, 6) is 0.340. The van der Waals surface area contributed by atoms with Crippen molar-refractivity contribution in [1.29, 1.82) is 0 Å². The van der Waals surface area contributed by atoms with E-state index in [1.165, 1.54) is 12.1 Å². The minimum Gasteiger partial charge on any atom is -0.338 e. The summed E-state index contributed by atoms with van der Waals surface area (Å²) in [5, 5.41) is 4.40. The van der Waals surface area contributed by atoms with Gasteiger partial charge in [0.2, 0.25) is 5.88 Å². The van der Waals surface area contributed by atoms with Gasteiger partial charge in [-0.05, 0) is 64.5 Å². The van der Waals surface area contributed by atoms with E-state index in [1.807, 2.05) is 50.2 Å². The Hall–Kier alpha value is -3.23. The number of halogens is 1. The molecule has 1 fully saturated rings. The maximum atomic E-state index is 13.6. The first-order valence-electron chi connectivity index (χ1n) is 12.0. The van der Waals surface area contributed by atoms with Crippen LogP contribution in [0.3, 0.4) is 0 Å². The second-order valence-electron chi connectivity index (χ2n) is 9.51. The topological polar surface area (TPSA) is 56.1 Å². The molecule has 35 heavy (non-hydrogen) atoms. The summed E-state index contributed by atoms with van der Waals surface area (Å²) in [5.41, 5.74) is 4.01. The normalized spacial score (nSPS) is 14.5.